The second-order valence-corrected chi connectivity index (χ2v) is 6.89. The van der Waals surface area contributed by atoms with Gasteiger partial charge < -0.3 is 15.7 Å². The molecule has 0 atom stereocenters. The molecule has 2 aliphatic rings. The van der Waals surface area contributed by atoms with Crippen molar-refractivity contribution in [3.63, 3.8) is 0 Å². The van der Waals surface area contributed by atoms with E-state index >= 15 is 0 Å². The predicted molar refractivity (Wildman–Crippen MR) is 98.7 cm³/mol. The number of aromatic hydroxyl groups is 1. The van der Waals surface area contributed by atoms with Crippen molar-refractivity contribution in [3.8, 4) is 29.4 Å². The van der Waals surface area contributed by atoms with Crippen molar-refractivity contribution in [3.05, 3.63) is 35.4 Å². The number of rotatable bonds is 6. The molecule has 2 saturated carbocycles. The number of amides is 1. The first-order valence-electron chi connectivity index (χ1n) is 8.85. The van der Waals surface area contributed by atoms with Crippen LogP contribution >= 0.6 is 0 Å². The van der Waals surface area contributed by atoms with Crippen molar-refractivity contribution < 1.29 is 9.90 Å². The Morgan fingerprint density at radius 3 is 2.69 bits per heavy atom. The van der Waals surface area contributed by atoms with E-state index in [1.54, 1.807) is 18.2 Å². The van der Waals surface area contributed by atoms with Crippen molar-refractivity contribution in [2.45, 2.75) is 37.6 Å². The fraction of sp³-hybridized carbons (Fsp3) is 0.350. The van der Waals surface area contributed by atoms with E-state index in [4.69, 9.17) is 6.42 Å². The number of carbonyl (C=O) groups excluding carboxylic acids is 1. The molecule has 1 amide bonds. The van der Waals surface area contributed by atoms with Crippen LogP contribution in [0.5, 0.6) is 5.75 Å². The Bertz CT molecular complexity index is 895. The van der Waals surface area contributed by atoms with Crippen molar-refractivity contribution in [2.24, 2.45) is 0 Å². The number of phenols is 1. The Labute approximate surface area is 152 Å². The molecule has 2 aromatic rings. The minimum Gasteiger partial charge on any atom is -0.507 e. The quantitative estimate of drug-likeness (QED) is 0.698. The predicted octanol–water partition coefficient (Wildman–Crippen LogP) is 2.40. The van der Waals surface area contributed by atoms with E-state index < -0.39 is 0 Å². The highest BCUT2D eigenvalue weighted by Gasteiger charge is 2.29. The molecule has 0 unspecified atom stereocenters. The van der Waals surface area contributed by atoms with Gasteiger partial charge in [0.15, 0.2) is 5.82 Å². The zero-order valence-electron chi connectivity index (χ0n) is 14.3. The molecule has 1 aromatic heterocycles. The van der Waals surface area contributed by atoms with Crippen LogP contribution in [0.15, 0.2) is 24.3 Å². The summed E-state index contributed by atoms with van der Waals surface area (Å²) < 4.78 is 0. The number of nitrogens with one attached hydrogen (secondary N) is 2. The Morgan fingerprint density at radius 1 is 1.23 bits per heavy atom. The van der Waals surface area contributed by atoms with E-state index in [2.05, 4.69) is 26.8 Å². The zero-order valence-corrected chi connectivity index (χ0v) is 14.3. The lowest BCUT2D eigenvalue weighted by Gasteiger charge is -2.12. The number of aromatic nitrogens is 2. The number of hydrogen-bond donors (Lipinski definition) is 3. The molecule has 6 heteroatoms. The van der Waals surface area contributed by atoms with E-state index in [9.17, 15) is 9.90 Å². The summed E-state index contributed by atoms with van der Waals surface area (Å²) in [6, 6.07) is 7.42. The summed E-state index contributed by atoms with van der Waals surface area (Å²) in [5, 5.41) is 24.7. The summed E-state index contributed by atoms with van der Waals surface area (Å²) in [7, 11) is 0. The van der Waals surface area contributed by atoms with E-state index in [0.29, 0.717) is 34.6 Å². The third kappa shape index (κ3) is 3.68. The van der Waals surface area contributed by atoms with Gasteiger partial charge in [-0.05, 0) is 61.4 Å². The topological polar surface area (TPSA) is 87.1 Å². The fourth-order valence-corrected chi connectivity index (χ4v) is 2.92. The van der Waals surface area contributed by atoms with Crippen molar-refractivity contribution >= 4 is 11.7 Å². The largest absolute Gasteiger partial charge is 0.507 e. The second kappa shape index (κ2) is 6.77. The van der Waals surface area contributed by atoms with Crippen LogP contribution < -0.4 is 10.6 Å². The van der Waals surface area contributed by atoms with E-state index in [1.807, 2.05) is 6.07 Å². The standard InChI is InChI=1S/C20H20N4O2/c1-2-12-3-8-15(17(25)9-12)20-16(13-4-5-13)10-18(23-24-20)22-19(26)11-21-14-6-7-14/h1,3,8-10,13-14,21,25H,4-7,11H2,(H,22,23,26). The lowest BCUT2D eigenvalue weighted by atomic mass is 10.0. The molecule has 4 rings (SSSR count). The second-order valence-electron chi connectivity index (χ2n) is 6.89. The Hall–Kier alpha value is -2.91. The van der Waals surface area contributed by atoms with Crippen LogP contribution in [-0.4, -0.2) is 33.8 Å². The van der Waals surface area contributed by atoms with E-state index in [1.165, 1.54) is 0 Å². The highest BCUT2D eigenvalue weighted by Crippen LogP contribution is 2.45. The number of benzene rings is 1. The van der Waals surface area contributed by atoms with Gasteiger partial charge in [0, 0.05) is 17.2 Å². The Kier molecular flexibility index (Phi) is 4.31. The summed E-state index contributed by atoms with van der Waals surface area (Å²) in [6.45, 7) is 0.279. The first kappa shape index (κ1) is 16.6. The summed E-state index contributed by atoms with van der Waals surface area (Å²) in [4.78, 5) is 12.0. The molecule has 2 fully saturated rings. The summed E-state index contributed by atoms with van der Waals surface area (Å²) in [5.41, 5.74) is 2.85. The molecule has 0 radical (unpaired) electrons. The molecule has 1 aromatic carbocycles. The van der Waals surface area contributed by atoms with Crippen molar-refractivity contribution in [2.75, 3.05) is 11.9 Å². The van der Waals surface area contributed by atoms with Gasteiger partial charge in [0.25, 0.3) is 0 Å². The third-order valence-corrected chi connectivity index (χ3v) is 4.66. The maximum absolute atomic E-state index is 12.0. The maximum Gasteiger partial charge on any atom is 0.239 e. The molecule has 1 heterocycles. The molecule has 0 bridgehead atoms. The van der Waals surface area contributed by atoms with Gasteiger partial charge in [-0.3, -0.25) is 4.79 Å². The molecule has 3 N–H and O–H groups in total. The first-order chi connectivity index (χ1) is 12.6. The van der Waals surface area contributed by atoms with Crippen LogP contribution in [0, 0.1) is 12.3 Å². The van der Waals surface area contributed by atoms with Crippen LogP contribution in [0.1, 0.15) is 42.7 Å². The summed E-state index contributed by atoms with van der Waals surface area (Å²) >= 11 is 0. The van der Waals surface area contributed by atoms with Gasteiger partial charge in [-0.15, -0.1) is 16.6 Å². The molecule has 6 nitrogen and oxygen atoms in total. The monoisotopic (exact) mass is 348 g/mol. The van der Waals surface area contributed by atoms with Crippen LogP contribution in [0.4, 0.5) is 5.82 Å². The molecular weight excluding hydrogens is 328 g/mol. The zero-order chi connectivity index (χ0) is 18.1. The average Bonchev–Trinajstić information content (AvgIpc) is 3.54. The van der Waals surface area contributed by atoms with Crippen molar-refractivity contribution in [1.29, 1.82) is 0 Å². The number of nitrogens with zero attached hydrogens (tertiary/aromatic N) is 2. The molecule has 26 heavy (non-hydrogen) atoms. The number of terminal acetylenes is 1. The number of anilines is 1. The van der Waals surface area contributed by atoms with Crippen LogP contribution in [-0.2, 0) is 4.79 Å². The molecule has 0 saturated heterocycles. The minimum atomic E-state index is -0.123. The SMILES string of the molecule is C#Cc1ccc(-c2nnc(NC(=O)CNC3CC3)cc2C2CC2)c(O)c1. The van der Waals surface area contributed by atoms with Gasteiger partial charge in [-0.2, -0.15) is 0 Å². The lowest BCUT2D eigenvalue weighted by Crippen LogP contribution is -2.29. The molecule has 0 spiro atoms. The van der Waals surface area contributed by atoms with Gasteiger partial charge in [0.05, 0.1) is 6.54 Å². The van der Waals surface area contributed by atoms with Crippen LogP contribution in [0.2, 0.25) is 0 Å². The lowest BCUT2D eigenvalue weighted by molar-refractivity contribution is -0.115. The normalized spacial score (nSPS) is 16.1. The van der Waals surface area contributed by atoms with Gasteiger partial charge in [0.2, 0.25) is 5.91 Å². The molecule has 2 aliphatic carbocycles. The van der Waals surface area contributed by atoms with Crippen LogP contribution in [0.25, 0.3) is 11.3 Å². The maximum atomic E-state index is 12.0. The smallest absolute Gasteiger partial charge is 0.239 e. The highest BCUT2D eigenvalue weighted by atomic mass is 16.3. The van der Waals surface area contributed by atoms with Gasteiger partial charge in [-0.1, -0.05) is 5.92 Å². The highest BCUT2D eigenvalue weighted by molar-refractivity contribution is 5.91. The Balaban J connectivity index is 1.58. The number of carbonyl (C=O) groups is 1. The molecule has 0 aliphatic heterocycles. The summed E-state index contributed by atoms with van der Waals surface area (Å²) in [6.07, 6.45) is 9.78. The van der Waals surface area contributed by atoms with Crippen LogP contribution in [0.3, 0.4) is 0 Å². The minimum absolute atomic E-state index is 0.0852. The van der Waals surface area contributed by atoms with Crippen molar-refractivity contribution in [1.82, 2.24) is 15.5 Å². The molecular formula is C20H20N4O2. The van der Waals surface area contributed by atoms with E-state index in [0.717, 1.165) is 31.2 Å². The van der Waals surface area contributed by atoms with Gasteiger partial charge in [-0.25, -0.2) is 0 Å². The van der Waals surface area contributed by atoms with E-state index in [-0.39, 0.29) is 18.2 Å². The number of phenolic OH excluding ortho intramolecular Hbond substituents is 1. The molecule has 132 valence electrons. The fourth-order valence-electron chi connectivity index (χ4n) is 2.92. The average molecular weight is 348 g/mol. The van der Waals surface area contributed by atoms with Gasteiger partial charge >= 0.3 is 0 Å². The summed E-state index contributed by atoms with van der Waals surface area (Å²) in [5.74, 6) is 3.29. The van der Waals surface area contributed by atoms with Gasteiger partial charge in [0.1, 0.15) is 11.4 Å². The number of hydrogen-bond acceptors (Lipinski definition) is 5. The third-order valence-electron chi connectivity index (χ3n) is 4.66. The first-order valence-corrected chi connectivity index (χ1v) is 8.85. The Morgan fingerprint density at radius 2 is 2.04 bits per heavy atom.